The molecule has 1 aromatic carbocycles. The summed E-state index contributed by atoms with van der Waals surface area (Å²) in [5, 5.41) is 9.50. The van der Waals surface area contributed by atoms with Crippen LogP contribution in [0.3, 0.4) is 0 Å². The van der Waals surface area contributed by atoms with Crippen LogP contribution in [0.4, 0.5) is 0 Å². The fraction of sp³-hybridized carbons (Fsp3) is 0.767. The lowest BCUT2D eigenvalue weighted by molar-refractivity contribution is -0.0493. The van der Waals surface area contributed by atoms with E-state index < -0.39 is 13.9 Å². The van der Waals surface area contributed by atoms with Crippen molar-refractivity contribution in [3.8, 4) is 11.8 Å². The van der Waals surface area contributed by atoms with Crippen LogP contribution in [0.25, 0.3) is 0 Å². The maximum atomic E-state index is 11.2. The molecule has 0 saturated carbocycles. The molecule has 0 aliphatic rings. The first-order chi connectivity index (χ1) is 19.3. The Kier molecular flexibility index (Phi) is 21.6. The molecule has 0 bridgehead atoms. The second kappa shape index (κ2) is 23.4. The molecule has 2 N–H and O–H groups in total. The standard InChI is InChI=1S/C30H51ClNO7P/c1-3-4-5-6-7-8-9-10-11-12-13-14-15-16-17-18-19-37-24-28(25-39-40(33,34)35)38-23-26-20-27(22-32)30(31)29(21-26)36-2/h20-21,28H,3-19,23-25H2,1-2H3,(H2,33,34,35)/t28-/m1/s1. The van der Waals surface area contributed by atoms with Crippen LogP contribution in [0, 0.1) is 11.3 Å². The van der Waals surface area contributed by atoms with Crippen LogP contribution >= 0.6 is 19.4 Å². The minimum absolute atomic E-state index is 0.0692. The molecule has 0 heterocycles. The minimum Gasteiger partial charge on any atom is -0.495 e. The third-order valence-electron chi connectivity index (χ3n) is 6.80. The third kappa shape index (κ3) is 19.0. The number of nitrogens with zero attached hydrogens (tertiary/aromatic N) is 1. The molecule has 0 aliphatic carbocycles. The highest BCUT2D eigenvalue weighted by Gasteiger charge is 2.20. The van der Waals surface area contributed by atoms with E-state index in [4.69, 9.17) is 35.6 Å². The highest BCUT2D eigenvalue weighted by molar-refractivity contribution is 7.46. The second-order valence-corrected chi connectivity index (χ2v) is 12.0. The summed E-state index contributed by atoms with van der Waals surface area (Å²) in [6.07, 6.45) is 20.1. The van der Waals surface area contributed by atoms with E-state index in [9.17, 15) is 9.83 Å². The molecule has 8 nitrogen and oxygen atoms in total. The van der Waals surface area contributed by atoms with Gasteiger partial charge in [-0.2, -0.15) is 5.26 Å². The number of methoxy groups -OCH3 is 1. The first kappa shape index (κ1) is 36.9. The molecule has 0 saturated heterocycles. The lowest BCUT2D eigenvalue weighted by Gasteiger charge is -2.19. The van der Waals surface area contributed by atoms with Gasteiger partial charge in [-0.15, -0.1) is 0 Å². The van der Waals surface area contributed by atoms with Gasteiger partial charge in [0, 0.05) is 6.61 Å². The molecular formula is C30H51ClNO7P. The predicted molar refractivity (Wildman–Crippen MR) is 160 cm³/mol. The molecule has 10 heteroatoms. The van der Waals surface area contributed by atoms with Crippen molar-refractivity contribution in [3.05, 3.63) is 28.3 Å². The number of ether oxygens (including phenoxy) is 3. The molecule has 0 unspecified atom stereocenters. The van der Waals surface area contributed by atoms with Gasteiger partial charge in [0.15, 0.2) is 0 Å². The van der Waals surface area contributed by atoms with Gasteiger partial charge in [-0.25, -0.2) is 4.57 Å². The summed E-state index contributed by atoms with van der Waals surface area (Å²) >= 11 is 6.12. The molecular weight excluding hydrogens is 553 g/mol. The number of rotatable bonds is 26. The van der Waals surface area contributed by atoms with Gasteiger partial charge in [-0.3, -0.25) is 4.52 Å². The van der Waals surface area contributed by atoms with Crippen LogP contribution in [0.2, 0.25) is 5.02 Å². The summed E-state index contributed by atoms with van der Waals surface area (Å²) in [7, 11) is -3.19. The van der Waals surface area contributed by atoms with Crippen LogP contribution in [-0.4, -0.2) is 42.8 Å². The Morgan fingerprint density at radius 1 is 0.875 bits per heavy atom. The maximum absolute atomic E-state index is 11.2. The summed E-state index contributed by atoms with van der Waals surface area (Å²) < 4.78 is 32.5. The molecule has 230 valence electrons. The van der Waals surface area contributed by atoms with Gasteiger partial charge in [0.1, 0.15) is 22.9 Å². The third-order valence-corrected chi connectivity index (χ3v) is 7.67. The number of phosphoric ester groups is 1. The van der Waals surface area contributed by atoms with Gasteiger partial charge in [0.05, 0.1) is 32.5 Å². The van der Waals surface area contributed by atoms with Crippen LogP contribution in [-0.2, 0) is 25.2 Å². The van der Waals surface area contributed by atoms with E-state index in [2.05, 4.69) is 11.4 Å². The van der Waals surface area contributed by atoms with E-state index in [1.165, 1.54) is 97.0 Å². The molecule has 0 spiro atoms. The zero-order chi connectivity index (χ0) is 29.5. The number of hydrogen-bond donors (Lipinski definition) is 2. The van der Waals surface area contributed by atoms with Crippen molar-refractivity contribution in [2.75, 3.05) is 26.9 Å². The van der Waals surface area contributed by atoms with Crippen molar-refractivity contribution in [3.63, 3.8) is 0 Å². The van der Waals surface area contributed by atoms with Crippen molar-refractivity contribution in [1.29, 1.82) is 5.26 Å². The molecule has 40 heavy (non-hydrogen) atoms. The Labute approximate surface area is 246 Å². The lowest BCUT2D eigenvalue weighted by Crippen LogP contribution is -2.25. The van der Waals surface area contributed by atoms with Crippen molar-refractivity contribution in [2.24, 2.45) is 0 Å². The average molecular weight is 604 g/mol. The van der Waals surface area contributed by atoms with Crippen molar-refractivity contribution in [1.82, 2.24) is 0 Å². The van der Waals surface area contributed by atoms with Gasteiger partial charge >= 0.3 is 7.82 Å². The van der Waals surface area contributed by atoms with Gasteiger partial charge < -0.3 is 24.0 Å². The number of benzene rings is 1. The monoisotopic (exact) mass is 603 g/mol. The Hall–Kier alpha value is -1.17. The highest BCUT2D eigenvalue weighted by atomic mass is 35.5. The molecule has 0 aliphatic heterocycles. The van der Waals surface area contributed by atoms with Gasteiger partial charge in [-0.1, -0.05) is 115 Å². The Bertz CT molecular complexity index is 874. The van der Waals surface area contributed by atoms with E-state index in [1.807, 2.05) is 6.07 Å². The molecule has 0 amide bonds. The van der Waals surface area contributed by atoms with Gasteiger partial charge in [0.25, 0.3) is 0 Å². The SMILES string of the molecule is CCCCCCCCCCCCCCCCCCOC[C@H](COP(=O)(O)O)OCc1cc(C#N)c(Cl)c(OC)c1. The van der Waals surface area contributed by atoms with Crippen molar-refractivity contribution < 1.29 is 33.1 Å². The van der Waals surface area contributed by atoms with E-state index in [-0.39, 0.29) is 30.4 Å². The molecule has 0 fully saturated rings. The number of halogens is 1. The fourth-order valence-corrected chi connectivity index (χ4v) is 5.06. The minimum atomic E-state index is -4.64. The van der Waals surface area contributed by atoms with E-state index >= 15 is 0 Å². The molecule has 1 aromatic rings. The Morgan fingerprint density at radius 3 is 1.88 bits per heavy atom. The number of unbranched alkanes of at least 4 members (excludes halogenated alkanes) is 15. The van der Waals surface area contributed by atoms with Crippen LogP contribution in [0.15, 0.2) is 12.1 Å². The Balaban J connectivity index is 2.18. The molecule has 0 aromatic heterocycles. The van der Waals surface area contributed by atoms with Crippen molar-refractivity contribution >= 4 is 19.4 Å². The highest BCUT2D eigenvalue weighted by Crippen LogP contribution is 2.36. The summed E-state index contributed by atoms with van der Waals surface area (Å²) in [4.78, 5) is 18.1. The lowest BCUT2D eigenvalue weighted by atomic mass is 10.0. The average Bonchev–Trinajstić information content (AvgIpc) is 2.93. The van der Waals surface area contributed by atoms with Crippen LogP contribution in [0.1, 0.15) is 121 Å². The van der Waals surface area contributed by atoms with Crippen LogP contribution < -0.4 is 4.74 Å². The van der Waals surface area contributed by atoms with Crippen LogP contribution in [0.5, 0.6) is 5.75 Å². The van der Waals surface area contributed by atoms with Crippen molar-refractivity contribution in [2.45, 2.75) is 122 Å². The Morgan fingerprint density at radius 2 is 1.40 bits per heavy atom. The fourth-order valence-electron chi connectivity index (χ4n) is 4.47. The second-order valence-electron chi connectivity index (χ2n) is 10.4. The molecule has 1 atom stereocenters. The zero-order valence-corrected chi connectivity index (χ0v) is 26.2. The predicted octanol–water partition coefficient (Wildman–Crippen LogP) is 8.49. The topological polar surface area (TPSA) is 118 Å². The normalized spacial score (nSPS) is 12.4. The van der Waals surface area contributed by atoms with Gasteiger partial charge in [0.2, 0.25) is 0 Å². The summed E-state index contributed by atoms with van der Waals surface area (Å²) in [5.74, 6) is 0.349. The van der Waals surface area contributed by atoms with E-state index in [0.717, 1.165) is 12.8 Å². The zero-order valence-electron chi connectivity index (χ0n) is 24.6. The largest absolute Gasteiger partial charge is 0.495 e. The summed E-state index contributed by atoms with van der Waals surface area (Å²) in [5.41, 5.74) is 0.888. The van der Waals surface area contributed by atoms with E-state index in [1.54, 1.807) is 12.1 Å². The number of hydrogen-bond acceptors (Lipinski definition) is 6. The molecule has 0 radical (unpaired) electrons. The summed E-state index contributed by atoms with van der Waals surface area (Å²) in [6.45, 7) is 2.69. The first-order valence-electron chi connectivity index (χ1n) is 15.0. The van der Waals surface area contributed by atoms with Gasteiger partial charge in [-0.05, 0) is 24.1 Å². The smallest absolute Gasteiger partial charge is 0.469 e. The van der Waals surface area contributed by atoms with E-state index in [0.29, 0.717) is 17.9 Å². The molecule has 1 rings (SSSR count). The first-order valence-corrected chi connectivity index (χ1v) is 16.9. The quantitative estimate of drug-likeness (QED) is 0.0799. The number of phosphoric acid groups is 1. The number of nitriles is 1. The summed E-state index contributed by atoms with van der Waals surface area (Å²) in [6, 6.07) is 5.25. The maximum Gasteiger partial charge on any atom is 0.469 e.